The molecule has 1 aliphatic heterocycles. The highest BCUT2D eigenvalue weighted by molar-refractivity contribution is 7.89. The number of carbonyl (C=O) groups excluding carboxylic acids is 1. The predicted molar refractivity (Wildman–Crippen MR) is 114 cm³/mol. The zero-order valence-corrected chi connectivity index (χ0v) is 18.2. The summed E-state index contributed by atoms with van der Waals surface area (Å²) in [5.41, 5.74) is 2.95. The minimum Gasteiger partial charge on any atom is -0.492 e. The second-order valence-electron chi connectivity index (χ2n) is 8.23. The van der Waals surface area contributed by atoms with Crippen molar-refractivity contribution < 1.29 is 17.9 Å². The first-order chi connectivity index (χ1) is 13.6. The molecule has 7 heteroatoms. The summed E-state index contributed by atoms with van der Waals surface area (Å²) in [6.45, 7) is 8.94. The molecule has 1 amide bonds. The monoisotopic (exact) mass is 416 g/mol. The average Bonchev–Trinajstić information content (AvgIpc) is 3.08. The Hall–Kier alpha value is -2.38. The Kier molecular flexibility index (Phi) is 6.00. The number of ether oxygens (including phenoxy) is 1. The van der Waals surface area contributed by atoms with E-state index in [0.29, 0.717) is 18.7 Å². The number of rotatable bonds is 6. The Morgan fingerprint density at radius 2 is 1.83 bits per heavy atom. The molecule has 1 N–H and O–H groups in total. The Morgan fingerprint density at radius 3 is 2.45 bits per heavy atom. The van der Waals surface area contributed by atoms with Crippen LogP contribution in [-0.4, -0.2) is 34.0 Å². The van der Waals surface area contributed by atoms with Crippen LogP contribution < -0.4 is 14.4 Å². The van der Waals surface area contributed by atoms with Gasteiger partial charge < -0.3 is 9.64 Å². The smallest absolute Gasteiger partial charge is 0.240 e. The van der Waals surface area contributed by atoms with Crippen LogP contribution in [0.4, 0.5) is 5.69 Å². The molecule has 0 saturated carbocycles. The number of benzene rings is 2. The van der Waals surface area contributed by atoms with Crippen molar-refractivity contribution in [2.75, 3.05) is 24.6 Å². The maximum Gasteiger partial charge on any atom is 0.240 e. The van der Waals surface area contributed by atoms with Crippen LogP contribution in [0.15, 0.2) is 47.4 Å². The predicted octanol–water partition coefficient (Wildman–Crippen LogP) is 3.25. The highest BCUT2D eigenvalue weighted by Crippen LogP contribution is 2.30. The Labute approximate surface area is 172 Å². The SMILES string of the molecule is CC(=O)N1CCc2cc(S(=O)(=O)NCCOc3ccc(C(C)(C)C)cc3)ccc21. The Balaban J connectivity index is 1.56. The lowest BCUT2D eigenvalue weighted by Crippen LogP contribution is -2.28. The van der Waals surface area contributed by atoms with E-state index >= 15 is 0 Å². The lowest BCUT2D eigenvalue weighted by Gasteiger charge is -2.19. The van der Waals surface area contributed by atoms with Crippen LogP contribution in [0.3, 0.4) is 0 Å². The summed E-state index contributed by atoms with van der Waals surface area (Å²) >= 11 is 0. The molecule has 0 aliphatic carbocycles. The number of hydrogen-bond acceptors (Lipinski definition) is 4. The maximum absolute atomic E-state index is 12.6. The molecular formula is C22H28N2O4S. The fourth-order valence-electron chi connectivity index (χ4n) is 3.35. The molecule has 6 nitrogen and oxygen atoms in total. The van der Waals surface area contributed by atoms with Gasteiger partial charge in [-0.1, -0.05) is 32.9 Å². The van der Waals surface area contributed by atoms with E-state index in [0.717, 1.165) is 11.3 Å². The van der Waals surface area contributed by atoms with Crippen molar-refractivity contribution in [3.8, 4) is 5.75 Å². The van der Waals surface area contributed by atoms with Crippen molar-refractivity contribution in [2.24, 2.45) is 0 Å². The average molecular weight is 417 g/mol. The van der Waals surface area contributed by atoms with Crippen LogP contribution in [-0.2, 0) is 26.7 Å². The second-order valence-corrected chi connectivity index (χ2v) is 10.00. The molecule has 156 valence electrons. The van der Waals surface area contributed by atoms with Crippen molar-refractivity contribution in [2.45, 2.75) is 44.4 Å². The van der Waals surface area contributed by atoms with Gasteiger partial charge in [0.05, 0.1) is 4.90 Å². The molecule has 1 aliphatic rings. The van der Waals surface area contributed by atoms with E-state index in [1.165, 1.54) is 18.6 Å². The quantitative estimate of drug-likeness (QED) is 0.734. The topological polar surface area (TPSA) is 75.7 Å². The zero-order valence-electron chi connectivity index (χ0n) is 17.4. The summed E-state index contributed by atoms with van der Waals surface area (Å²) in [7, 11) is -3.63. The first-order valence-electron chi connectivity index (χ1n) is 9.72. The van der Waals surface area contributed by atoms with Crippen molar-refractivity contribution in [3.63, 3.8) is 0 Å². The van der Waals surface area contributed by atoms with Gasteiger partial charge in [0, 0.05) is 25.7 Å². The fraction of sp³-hybridized carbons (Fsp3) is 0.409. The van der Waals surface area contributed by atoms with Gasteiger partial charge in [0.25, 0.3) is 0 Å². The van der Waals surface area contributed by atoms with E-state index in [2.05, 4.69) is 25.5 Å². The van der Waals surface area contributed by atoms with Crippen molar-refractivity contribution >= 4 is 21.6 Å². The number of nitrogens with one attached hydrogen (secondary N) is 1. The summed E-state index contributed by atoms with van der Waals surface area (Å²) in [6, 6.07) is 12.7. The normalized spacial score (nSPS) is 14.0. The van der Waals surface area contributed by atoms with Crippen LogP contribution in [0.25, 0.3) is 0 Å². The zero-order chi connectivity index (χ0) is 21.2. The van der Waals surface area contributed by atoms with Crippen LogP contribution >= 0.6 is 0 Å². The van der Waals surface area contributed by atoms with E-state index in [1.54, 1.807) is 17.0 Å². The third-order valence-corrected chi connectivity index (χ3v) is 6.48. The Bertz CT molecular complexity index is 992. The third kappa shape index (κ3) is 4.97. The van der Waals surface area contributed by atoms with Gasteiger partial charge in [0.2, 0.25) is 15.9 Å². The summed E-state index contributed by atoms with van der Waals surface area (Å²) in [5.74, 6) is 0.671. The van der Waals surface area contributed by atoms with Crippen LogP contribution in [0.5, 0.6) is 5.75 Å². The summed E-state index contributed by atoms with van der Waals surface area (Å²) in [4.78, 5) is 13.5. The molecule has 2 aromatic carbocycles. The van der Waals surface area contributed by atoms with E-state index < -0.39 is 10.0 Å². The minimum absolute atomic E-state index is 0.0369. The van der Waals surface area contributed by atoms with Gasteiger partial charge in [-0.2, -0.15) is 0 Å². The number of fused-ring (bicyclic) bond motifs is 1. The molecule has 0 unspecified atom stereocenters. The van der Waals surface area contributed by atoms with Gasteiger partial charge in [0.1, 0.15) is 12.4 Å². The summed E-state index contributed by atoms with van der Waals surface area (Å²) in [6.07, 6.45) is 0.659. The molecule has 0 spiro atoms. The molecule has 0 bridgehead atoms. The third-order valence-electron chi connectivity index (χ3n) is 5.02. The molecule has 1 heterocycles. The van der Waals surface area contributed by atoms with Crippen LogP contribution in [0, 0.1) is 0 Å². The molecule has 3 rings (SSSR count). The van der Waals surface area contributed by atoms with Gasteiger partial charge in [-0.3, -0.25) is 4.79 Å². The number of nitrogens with zero attached hydrogens (tertiary/aromatic N) is 1. The standard InChI is InChI=1S/C22H28N2O4S/c1-16(25)24-13-11-17-15-20(9-10-21(17)24)29(26,27)23-12-14-28-19-7-5-18(6-8-19)22(2,3)4/h5-10,15,23H,11-14H2,1-4H3. The van der Waals surface area contributed by atoms with E-state index in [-0.39, 0.29) is 29.4 Å². The maximum atomic E-state index is 12.6. The van der Waals surface area contributed by atoms with Crippen molar-refractivity contribution in [3.05, 3.63) is 53.6 Å². The van der Waals surface area contributed by atoms with Crippen molar-refractivity contribution in [1.29, 1.82) is 0 Å². The van der Waals surface area contributed by atoms with Gasteiger partial charge >= 0.3 is 0 Å². The number of hydrogen-bond donors (Lipinski definition) is 1. The van der Waals surface area contributed by atoms with Crippen LogP contribution in [0.1, 0.15) is 38.8 Å². The minimum atomic E-state index is -3.63. The molecule has 0 saturated heterocycles. The van der Waals surface area contributed by atoms with Crippen molar-refractivity contribution in [1.82, 2.24) is 4.72 Å². The fourth-order valence-corrected chi connectivity index (χ4v) is 4.42. The number of anilines is 1. The number of sulfonamides is 1. The number of amides is 1. The summed E-state index contributed by atoms with van der Waals surface area (Å²) < 4.78 is 33.4. The Morgan fingerprint density at radius 1 is 1.14 bits per heavy atom. The highest BCUT2D eigenvalue weighted by Gasteiger charge is 2.24. The van der Waals surface area contributed by atoms with E-state index in [1.807, 2.05) is 24.3 Å². The van der Waals surface area contributed by atoms with Gasteiger partial charge in [-0.25, -0.2) is 13.1 Å². The first-order valence-corrected chi connectivity index (χ1v) is 11.2. The molecule has 0 radical (unpaired) electrons. The highest BCUT2D eigenvalue weighted by atomic mass is 32.2. The molecule has 29 heavy (non-hydrogen) atoms. The molecule has 2 aromatic rings. The van der Waals surface area contributed by atoms with Gasteiger partial charge in [-0.05, 0) is 53.3 Å². The molecular weight excluding hydrogens is 388 g/mol. The van der Waals surface area contributed by atoms with E-state index in [4.69, 9.17) is 4.74 Å². The second kappa shape index (κ2) is 8.16. The molecule has 0 fully saturated rings. The largest absolute Gasteiger partial charge is 0.492 e. The first kappa shape index (κ1) is 21.3. The van der Waals surface area contributed by atoms with Gasteiger partial charge in [-0.15, -0.1) is 0 Å². The lowest BCUT2D eigenvalue weighted by atomic mass is 9.87. The van der Waals surface area contributed by atoms with Crippen LogP contribution in [0.2, 0.25) is 0 Å². The van der Waals surface area contributed by atoms with Gasteiger partial charge in [0.15, 0.2) is 0 Å². The molecule has 0 aromatic heterocycles. The summed E-state index contributed by atoms with van der Waals surface area (Å²) in [5, 5.41) is 0. The molecule has 0 atom stereocenters. The lowest BCUT2D eigenvalue weighted by molar-refractivity contribution is -0.116. The van der Waals surface area contributed by atoms with E-state index in [9.17, 15) is 13.2 Å². The number of carbonyl (C=O) groups is 1.